The molecule has 0 spiro atoms. The van der Waals surface area contributed by atoms with E-state index in [0.717, 1.165) is 5.69 Å². The van der Waals surface area contributed by atoms with Crippen molar-refractivity contribution in [2.45, 2.75) is 6.10 Å². The number of hydrogen-bond acceptors (Lipinski definition) is 3. The van der Waals surface area contributed by atoms with Crippen LogP contribution in [0.25, 0.3) is 0 Å². The predicted molar refractivity (Wildman–Crippen MR) is 44.7 cm³/mol. The minimum absolute atomic E-state index is 0.211. The fourth-order valence-corrected chi connectivity index (χ4v) is 0.758. The zero-order valence-corrected chi connectivity index (χ0v) is 6.57. The average molecular weight is 170 g/mol. The van der Waals surface area contributed by atoms with Gasteiger partial charge < -0.3 is 10.4 Å². The minimum atomic E-state index is -0.940. The molecule has 4 heteroatoms. The van der Waals surface area contributed by atoms with Gasteiger partial charge >= 0.3 is 0 Å². The number of nitrogens with zero attached hydrogens (tertiary/aromatic N) is 1. The molecule has 0 aromatic carbocycles. The van der Waals surface area contributed by atoms with Crippen LogP contribution in [-0.4, -0.2) is 29.4 Å². The molecular formula is C8H11FN2O. The monoisotopic (exact) mass is 170 g/mol. The maximum Gasteiger partial charge on any atom is 0.117 e. The molecule has 12 heavy (non-hydrogen) atoms. The lowest BCUT2D eigenvalue weighted by atomic mass is 10.3. The first kappa shape index (κ1) is 8.93. The summed E-state index contributed by atoms with van der Waals surface area (Å²) in [6, 6.07) is 3.57. The first-order valence-corrected chi connectivity index (χ1v) is 3.71. The molecular weight excluding hydrogens is 159 g/mol. The highest BCUT2D eigenvalue weighted by Gasteiger charge is 2.01. The zero-order valence-electron chi connectivity index (χ0n) is 6.57. The highest BCUT2D eigenvalue weighted by molar-refractivity contribution is 5.39. The van der Waals surface area contributed by atoms with Crippen LogP contribution in [0.15, 0.2) is 24.5 Å². The van der Waals surface area contributed by atoms with Gasteiger partial charge in [-0.15, -0.1) is 0 Å². The van der Waals surface area contributed by atoms with Crippen molar-refractivity contribution in [1.82, 2.24) is 4.98 Å². The van der Waals surface area contributed by atoms with Gasteiger partial charge in [-0.3, -0.25) is 4.98 Å². The molecule has 0 saturated heterocycles. The first-order chi connectivity index (χ1) is 5.83. The van der Waals surface area contributed by atoms with Crippen molar-refractivity contribution in [3.05, 3.63) is 24.5 Å². The van der Waals surface area contributed by atoms with E-state index in [1.54, 1.807) is 24.5 Å². The molecule has 0 aliphatic rings. The normalized spacial score (nSPS) is 12.5. The van der Waals surface area contributed by atoms with Crippen LogP contribution in [0.3, 0.4) is 0 Å². The number of aliphatic hydroxyl groups excluding tert-OH is 1. The number of aromatic nitrogens is 1. The Morgan fingerprint density at radius 2 is 2.50 bits per heavy atom. The van der Waals surface area contributed by atoms with Crippen molar-refractivity contribution in [1.29, 1.82) is 0 Å². The van der Waals surface area contributed by atoms with Crippen LogP contribution in [-0.2, 0) is 0 Å². The molecule has 1 atom stereocenters. The summed E-state index contributed by atoms with van der Waals surface area (Å²) in [6.07, 6.45) is 2.33. The molecule has 3 nitrogen and oxygen atoms in total. The van der Waals surface area contributed by atoms with Gasteiger partial charge in [0.25, 0.3) is 0 Å². The largest absolute Gasteiger partial charge is 0.389 e. The molecule has 0 aliphatic carbocycles. The van der Waals surface area contributed by atoms with Gasteiger partial charge in [-0.1, -0.05) is 0 Å². The maximum atomic E-state index is 11.8. The van der Waals surface area contributed by atoms with Gasteiger partial charge in [0.15, 0.2) is 0 Å². The molecule has 1 aromatic rings. The number of alkyl halides is 1. The van der Waals surface area contributed by atoms with E-state index in [0.29, 0.717) is 0 Å². The lowest BCUT2D eigenvalue weighted by molar-refractivity contribution is 0.151. The van der Waals surface area contributed by atoms with Gasteiger partial charge in [0, 0.05) is 18.9 Å². The van der Waals surface area contributed by atoms with Gasteiger partial charge in [0.2, 0.25) is 0 Å². The second kappa shape index (κ2) is 4.66. The van der Waals surface area contributed by atoms with Crippen LogP contribution in [0.5, 0.6) is 0 Å². The van der Waals surface area contributed by atoms with Gasteiger partial charge in [-0.2, -0.15) is 0 Å². The molecule has 1 aromatic heterocycles. The smallest absolute Gasteiger partial charge is 0.117 e. The molecule has 66 valence electrons. The Hall–Kier alpha value is -1.16. The fraction of sp³-hybridized carbons (Fsp3) is 0.375. The van der Waals surface area contributed by atoms with Crippen LogP contribution in [0.4, 0.5) is 10.1 Å². The quantitative estimate of drug-likeness (QED) is 0.703. The summed E-state index contributed by atoms with van der Waals surface area (Å²) in [5, 5.41) is 11.7. The van der Waals surface area contributed by atoms with Crippen LogP contribution in [0, 0.1) is 0 Å². The van der Waals surface area contributed by atoms with Crippen molar-refractivity contribution in [3.8, 4) is 0 Å². The topological polar surface area (TPSA) is 45.1 Å². The predicted octanol–water partition coefficient (Wildman–Crippen LogP) is 0.824. The van der Waals surface area contributed by atoms with Crippen LogP contribution >= 0.6 is 0 Å². The Morgan fingerprint density at radius 1 is 1.67 bits per heavy atom. The standard InChI is InChI=1S/C8H11FN2O/c9-4-8(12)6-11-7-2-1-3-10-5-7/h1-3,5,8,11-12H,4,6H2. The summed E-state index contributed by atoms with van der Waals surface area (Å²) >= 11 is 0. The van der Waals surface area contributed by atoms with E-state index in [2.05, 4.69) is 10.3 Å². The number of hydrogen-bond donors (Lipinski definition) is 2. The maximum absolute atomic E-state index is 11.8. The SMILES string of the molecule is OC(CF)CNc1cccnc1. The summed E-state index contributed by atoms with van der Waals surface area (Å²) in [7, 11) is 0. The van der Waals surface area contributed by atoms with Gasteiger partial charge in [0.05, 0.1) is 11.8 Å². The third-order valence-electron chi connectivity index (χ3n) is 1.38. The third-order valence-corrected chi connectivity index (χ3v) is 1.38. The van der Waals surface area contributed by atoms with Gasteiger partial charge in [-0.05, 0) is 12.1 Å². The molecule has 0 fully saturated rings. The Balaban J connectivity index is 2.33. The zero-order chi connectivity index (χ0) is 8.81. The van der Waals surface area contributed by atoms with Crippen molar-refractivity contribution >= 4 is 5.69 Å². The number of rotatable bonds is 4. The number of nitrogens with one attached hydrogen (secondary N) is 1. The van der Waals surface area contributed by atoms with E-state index in [-0.39, 0.29) is 6.54 Å². The molecule has 0 radical (unpaired) electrons. The van der Waals surface area contributed by atoms with E-state index >= 15 is 0 Å². The van der Waals surface area contributed by atoms with Gasteiger partial charge in [-0.25, -0.2) is 4.39 Å². The molecule has 0 bridgehead atoms. The van der Waals surface area contributed by atoms with Crippen molar-refractivity contribution < 1.29 is 9.50 Å². The van der Waals surface area contributed by atoms with Crippen molar-refractivity contribution in [2.75, 3.05) is 18.5 Å². The van der Waals surface area contributed by atoms with Gasteiger partial charge in [0.1, 0.15) is 6.67 Å². The van der Waals surface area contributed by atoms with Crippen LogP contribution < -0.4 is 5.32 Å². The molecule has 0 aliphatic heterocycles. The van der Waals surface area contributed by atoms with E-state index in [1.807, 2.05) is 0 Å². The Kier molecular flexibility index (Phi) is 3.47. The summed E-state index contributed by atoms with van der Waals surface area (Å²) in [4.78, 5) is 3.85. The van der Waals surface area contributed by atoms with Crippen molar-refractivity contribution in [3.63, 3.8) is 0 Å². The lowest BCUT2D eigenvalue weighted by Gasteiger charge is -2.08. The fourth-order valence-electron chi connectivity index (χ4n) is 0.758. The summed E-state index contributed by atoms with van der Waals surface area (Å²) in [6.45, 7) is -0.518. The molecule has 0 amide bonds. The van der Waals surface area contributed by atoms with Crippen LogP contribution in [0.1, 0.15) is 0 Å². The summed E-state index contributed by atoms with van der Waals surface area (Å²) in [5.74, 6) is 0. The summed E-state index contributed by atoms with van der Waals surface area (Å²) in [5.41, 5.74) is 0.782. The lowest BCUT2D eigenvalue weighted by Crippen LogP contribution is -2.21. The second-order valence-corrected chi connectivity index (χ2v) is 2.43. The third kappa shape index (κ3) is 2.84. The molecule has 1 unspecified atom stereocenters. The Bertz CT molecular complexity index is 218. The minimum Gasteiger partial charge on any atom is -0.389 e. The number of halogens is 1. The molecule has 1 rings (SSSR count). The second-order valence-electron chi connectivity index (χ2n) is 2.43. The Morgan fingerprint density at radius 3 is 3.08 bits per heavy atom. The summed E-state index contributed by atoms with van der Waals surface area (Å²) < 4.78 is 11.8. The highest BCUT2D eigenvalue weighted by atomic mass is 19.1. The van der Waals surface area contributed by atoms with Crippen molar-refractivity contribution in [2.24, 2.45) is 0 Å². The van der Waals surface area contributed by atoms with E-state index in [9.17, 15) is 4.39 Å². The average Bonchev–Trinajstić information content (AvgIpc) is 2.16. The van der Waals surface area contributed by atoms with Crippen LogP contribution in [0.2, 0.25) is 0 Å². The Labute approximate surface area is 70.3 Å². The first-order valence-electron chi connectivity index (χ1n) is 3.71. The molecule has 1 heterocycles. The number of anilines is 1. The van der Waals surface area contributed by atoms with E-state index in [4.69, 9.17) is 5.11 Å². The molecule has 2 N–H and O–H groups in total. The number of pyridine rings is 1. The van der Waals surface area contributed by atoms with E-state index in [1.165, 1.54) is 0 Å². The number of aliphatic hydroxyl groups is 1. The molecule has 0 saturated carbocycles. The van der Waals surface area contributed by atoms with E-state index < -0.39 is 12.8 Å². The highest BCUT2D eigenvalue weighted by Crippen LogP contribution is 2.02.